The van der Waals surface area contributed by atoms with Crippen LogP contribution >= 0.6 is 0 Å². The lowest BCUT2D eigenvalue weighted by molar-refractivity contribution is 0.684. The first-order valence-corrected chi connectivity index (χ1v) is 8.54. The van der Waals surface area contributed by atoms with E-state index in [2.05, 4.69) is 43.3 Å². The number of hydrogen-bond donors (Lipinski definition) is 0. The van der Waals surface area contributed by atoms with E-state index in [4.69, 9.17) is 0 Å². The number of aryl methyl sites for hydroxylation is 3. The first-order chi connectivity index (χ1) is 11.1. The van der Waals surface area contributed by atoms with Gasteiger partial charge in [0.1, 0.15) is 0 Å². The fourth-order valence-electron chi connectivity index (χ4n) is 3.44. The Hall–Kier alpha value is -2.15. The SMILES string of the molecule is C=C(CCC(=C)c1cc2c(cc1C)CCCC2)c1cccnc1. The van der Waals surface area contributed by atoms with E-state index < -0.39 is 0 Å². The Labute approximate surface area is 139 Å². The van der Waals surface area contributed by atoms with Gasteiger partial charge >= 0.3 is 0 Å². The lowest BCUT2D eigenvalue weighted by Crippen LogP contribution is -2.04. The predicted octanol–water partition coefficient (Wildman–Crippen LogP) is 5.78. The Morgan fingerprint density at radius 2 is 1.74 bits per heavy atom. The van der Waals surface area contributed by atoms with Gasteiger partial charge in [0.05, 0.1) is 0 Å². The first kappa shape index (κ1) is 15.7. The zero-order chi connectivity index (χ0) is 16.2. The molecule has 0 fully saturated rings. The summed E-state index contributed by atoms with van der Waals surface area (Å²) >= 11 is 0. The van der Waals surface area contributed by atoms with Crippen LogP contribution in [0.5, 0.6) is 0 Å². The van der Waals surface area contributed by atoms with Gasteiger partial charge in [0.25, 0.3) is 0 Å². The summed E-state index contributed by atoms with van der Waals surface area (Å²) in [4.78, 5) is 4.17. The summed E-state index contributed by atoms with van der Waals surface area (Å²) in [6, 6.07) is 8.80. The molecule has 2 aromatic rings. The van der Waals surface area contributed by atoms with Crippen molar-refractivity contribution in [3.8, 4) is 0 Å². The third kappa shape index (κ3) is 3.61. The molecular weight excluding hydrogens is 278 g/mol. The molecule has 0 aliphatic heterocycles. The van der Waals surface area contributed by atoms with Gasteiger partial charge in [-0.1, -0.05) is 31.4 Å². The molecule has 118 valence electrons. The second kappa shape index (κ2) is 6.95. The van der Waals surface area contributed by atoms with Crippen molar-refractivity contribution in [2.75, 3.05) is 0 Å². The maximum atomic E-state index is 4.34. The second-order valence-corrected chi connectivity index (χ2v) is 6.59. The van der Waals surface area contributed by atoms with Gasteiger partial charge in [0.15, 0.2) is 0 Å². The highest BCUT2D eigenvalue weighted by Gasteiger charge is 2.13. The maximum absolute atomic E-state index is 4.34. The molecule has 0 N–H and O–H groups in total. The van der Waals surface area contributed by atoms with Crippen LogP contribution in [0.2, 0.25) is 0 Å². The lowest BCUT2D eigenvalue weighted by atomic mass is 9.86. The molecule has 0 amide bonds. The summed E-state index contributed by atoms with van der Waals surface area (Å²) in [5.74, 6) is 0. The Kier molecular flexibility index (Phi) is 4.76. The van der Waals surface area contributed by atoms with Crippen LogP contribution in [0.4, 0.5) is 0 Å². The highest BCUT2D eigenvalue weighted by atomic mass is 14.6. The van der Waals surface area contributed by atoms with E-state index in [1.54, 1.807) is 11.8 Å². The van der Waals surface area contributed by atoms with Gasteiger partial charge in [-0.05, 0) is 90.5 Å². The number of allylic oxidation sites excluding steroid dienone is 2. The normalized spacial score (nSPS) is 13.4. The van der Waals surface area contributed by atoms with Crippen LogP contribution in [0.15, 0.2) is 49.8 Å². The second-order valence-electron chi connectivity index (χ2n) is 6.59. The standard InChI is InChI=1S/C22H25N/c1-16(21-9-6-12-23-15-21)10-11-17(2)22-14-20-8-5-4-7-19(20)13-18(22)3/h6,9,12-15H,1-2,4-5,7-8,10-11H2,3H3. The van der Waals surface area contributed by atoms with Crippen LogP contribution < -0.4 is 0 Å². The number of rotatable bonds is 5. The lowest BCUT2D eigenvalue weighted by Gasteiger charge is -2.20. The van der Waals surface area contributed by atoms with Gasteiger partial charge in [-0.3, -0.25) is 4.98 Å². The van der Waals surface area contributed by atoms with Crippen LogP contribution in [0.3, 0.4) is 0 Å². The van der Waals surface area contributed by atoms with Crippen LogP contribution in [0.25, 0.3) is 11.1 Å². The average molecular weight is 303 g/mol. The molecule has 1 aromatic heterocycles. The van der Waals surface area contributed by atoms with E-state index in [9.17, 15) is 0 Å². The molecule has 0 saturated carbocycles. The van der Waals surface area contributed by atoms with Gasteiger partial charge in [-0.25, -0.2) is 0 Å². The number of fused-ring (bicyclic) bond motifs is 1. The highest BCUT2D eigenvalue weighted by Crippen LogP contribution is 2.31. The third-order valence-electron chi connectivity index (χ3n) is 4.87. The summed E-state index contributed by atoms with van der Waals surface area (Å²) < 4.78 is 0. The Balaban J connectivity index is 1.70. The topological polar surface area (TPSA) is 12.9 Å². The number of benzene rings is 1. The third-order valence-corrected chi connectivity index (χ3v) is 4.87. The van der Waals surface area contributed by atoms with Crippen LogP contribution in [0.1, 0.15) is 53.5 Å². The van der Waals surface area contributed by atoms with Crippen LogP contribution in [-0.4, -0.2) is 4.98 Å². The molecular formula is C22H25N. The number of nitrogens with zero attached hydrogens (tertiary/aromatic N) is 1. The minimum atomic E-state index is 0.932. The van der Waals surface area contributed by atoms with E-state index in [1.807, 2.05) is 12.3 Å². The van der Waals surface area contributed by atoms with Crippen molar-refractivity contribution < 1.29 is 0 Å². The first-order valence-electron chi connectivity index (χ1n) is 8.54. The van der Waals surface area contributed by atoms with Crippen molar-refractivity contribution in [2.24, 2.45) is 0 Å². The molecule has 1 nitrogen and oxygen atoms in total. The van der Waals surface area contributed by atoms with E-state index in [1.165, 1.54) is 47.9 Å². The van der Waals surface area contributed by atoms with Crippen LogP contribution in [-0.2, 0) is 12.8 Å². The predicted molar refractivity (Wildman–Crippen MR) is 99.4 cm³/mol. The molecule has 0 atom stereocenters. The Morgan fingerprint density at radius 1 is 1.04 bits per heavy atom. The summed E-state index contributed by atoms with van der Waals surface area (Å²) in [6.45, 7) is 10.8. The fourth-order valence-corrected chi connectivity index (χ4v) is 3.44. The largest absolute Gasteiger partial charge is 0.264 e. The van der Waals surface area contributed by atoms with E-state index >= 15 is 0 Å². The van der Waals surface area contributed by atoms with Gasteiger partial charge in [-0.15, -0.1) is 0 Å². The van der Waals surface area contributed by atoms with E-state index in [-0.39, 0.29) is 0 Å². The maximum Gasteiger partial charge on any atom is 0.0342 e. The highest BCUT2D eigenvalue weighted by molar-refractivity contribution is 5.71. The summed E-state index contributed by atoms with van der Waals surface area (Å²) in [6.07, 6.45) is 10.7. The summed E-state index contributed by atoms with van der Waals surface area (Å²) in [7, 11) is 0. The number of hydrogen-bond acceptors (Lipinski definition) is 1. The van der Waals surface area contributed by atoms with Gasteiger partial charge < -0.3 is 0 Å². The molecule has 3 rings (SSSR count). The molecule has 1 aliphatic rings. The molecule has 0 radical (unpaired) electrons. The molecule has 0 bridgehead atoms. The fraction of sp³-hybridized carbons (Fsp3) is 0.318. The van der Waals surface area contributed by atoms with Crippen molar-refractivity contribution in [3.05, 3.63) is 77.6 Å². The molecule has 1 heterocycles. The minimum absolute atomic E-state index is 0.932. The molecule has 23 heavy (non-hydrogen) atoms. The molecule has 0 unspecified atom stereocenters. The molecule has 1 aromatic carbocycles. The number of pyridine rings is 1. The van der Waals surface area contributed by atoms with E-state index in [0.29, 0.717) is 0 Å². The number of aromatic nitrogens is 1. The van der Waals surface area contributed by atoms with E-state index in [0.717, 1.165) is 24.0 Å². The van der Waals surface area contributed by atoms with Crippen molar-refractivity contribution in [2.45, 2.75) is 45.4 Å². The monoisotopic (exact) mass is 303 g/mol. The average Bonchev–Trinajstić information content (AvgIpc) is 2.59. The Bertz CT molecular complexity index is 725. The smallest absolute Gasteiger partial charge is 0.0342 e. The minimum Gasteiger partial charge on any atom is -0.264 e. The molecule has 0 spiro atoms. The van der Waals surface area contributed by atoms with Gasteiger partial charge in [0.2, 0.25) is 0 Å². The molecule has 1 aliphatic carbocycles. The Morgan fingerprint density at radius 3 is 2.43 bits per heavy atom. The van der Waals surface area contributed by atoms with Crippen LogP contribution in [0, 0.1) is 6.92 Å². The van der Waals surface area contributed by atoms with Crippen molar-refractivity contribution in [1.82, 2.24) is 4.98 Å². The van der Waals surface area contributed by atoms with Gasteiger partial charge in [-0.2, -0.15) is 0 Å². The zero-order valence-corrected chi connectivity index (χ0v) is 14.1. The van der Waals surface area contributed by atoms with Gasteiger partial charge in [0, 0.05) is 12.4 Å². The molecule has 1 heteroatoms. The summed E-state index contributed by atoms with van der Waals surface area (Å²) in [5.41, 5.74) is 9.26. The summed E-state index contributed by atoms with van der Waals surface area (Å²) in [5, 5.41) is 0. The molecule has 0 saturated heterocycles. The zero-order valence-electron chi connectivity index (χ0n) is 14.1. The van der Waals surface area contributed by atoms with Crippen molar-refractivity contribution >= 4 is 11.1 Å². The quantitative estimate of drug-likeness (QED) is 0.682. The van der Waals surface area contributed by atoms with Crippen molar-refractivity contribution in [3.63, 3.8) is 0 Å². The van der Waals surface area contributed by atoms with Crippen molar-refractivity contribution in [1.29, 1.82) is 0 Å².